The lowest BCUT2D eigenvalue weighted by Crippen LogP contribution is -2.46. The lowest BCUT2D eigenvalue weighted by atomic mass is 10.1. The Bertz CT molecular complexity index is 1190. The first kappa shape index (κ1) is 21.6. The zero-order valence-corrected chi connectivity index (χ0v) is 18.3. The van der Waals surface area contributed by atoms with E-state index in [1.165, 1.54) is 11.3 Å². The van der Waals surface area contributed by atoms with Crippen LogP contribution in [0.3, 0.4) is 0 Å². The number of aromatic nitrogens is 1. The van der Waals surface area contributed by atoms with Crippen molar-refractivity contribution in [3.63, 3.8) is 0 Å². The molecule has 6 N–H and O–H groups in total. The van der Waals surface area contributed by atoms with Gasteiger partial charge in [0.25, 0.3) is 5.91 Å². The van der Waals surface area contributed by atoms with E-state index < -0.39 is 30.0 Å². The van der Waals surface area contributed by atoms with Crippen LogP contribution in [0.5, 0.6) is 0 Å². The average molecular weight is 481 g/mol. The highest BCUT2D eigenvalue weighted by Gasteiger charge is 2.35. The molecule has 0 aliphatic heterocycles. The van der Waals surface area contributed by atoms with Crippen molar-refractivity contribution in [2.24, 2.45) is 5.73 Å². The number of fused-ring (bicyclic) bond motifs is 2. The Labute approximate surface area is 190 Å². The molecule has 0 spiro atoms. The van der Waals surface area contributed by atoms with E-state index in [0.29, 0.717) is 27.0 Å². The fourth-order valence-corrected chi connectivity index (χ4v) is 5.20. The smallest absolute Gasteiger partial charge is 0.321 e. The summed E-state index contributed by atoms with van der Waals surface area (Å²) in [6.07, 6.45) is 0.153. The minimum atomic E-state index is -1.30. The van der Waals surface area contributed by atoms with Crippen LogP contribution < -0.4 is 16.4 Å². The van der Waals surface area contributed by atoms with Crippen LogP contribution in [0.15, 0.2) is 30.3 Å². The van der Waals surface area contributed by atoms with Gasteiger partial charge < -0.3 is 26.5 Å². The van der Waals surface area contributed by atoms with E-state index in [1.807, 2.05) is 24.3 Å². The van der Waals surface area contributed by atoms with E-state index in [2.05, 4.69) is 15.6 Å². The zero-order valence-electron chi connectivity index (χ0n) is 15.9. The molecule has 2 heterocycles. The first-order valence-corrected chi connectivity index (χ1v) is 10.9. The number of carboxylic acid groups (broad SMARTS) is 1. The molecule has 162 valence electrons. The largest absolute Gasteiger partial charge is 0.480 e. The van der Waals surface area contributed by atoms with Gasteiger partial charge in [0.05, 0.1) is 33.7 Å². The number of nitrogens with one attached hydrogen (secondary N) is 3. The second-order valence-corrected chi connectivity index (χ2v) is 9.32. The van der Waals surface area contributed by atoms with E-state index in [9.17, 15) is 14.4 Å². The topological polar surface area (TPSA) is 137 Å². The molecule has 31 heavy (non-hydrogen) atoms. The minimum absolute atomic E-state index is 0.328. The number of carbonyl (C=O) groups is 3. The van der Waals surface area contributed by atoms with E-state index in [0.717, 1.165) is 15.8 Å². The number of aliphatic carboxylic acids is 1. The fraction of sp³-hybridized carbons (Fsp3) is 0.250. The molecular formula is C20H18Cl2N4O4S. The van der Waals surface area contributed by atoms with Crippen molar-refractivity contribution >= 4 is 62.5 Å². The summed E-state index contributed by atoms with van der Waals surface area (Å²) >= 11 is 13.4. The molecule has 0 radical (unpaired) electrons. The second kappa shape index (κ2) is 8.51. The quantitative estimate of drug-likeness (QED) is 0.369. The van der Waals surface area contributed by atoms with Crippen LogP contribution in [0.2, 0.25) is 9.36 Å². The van der Waals surface area contributed by atoms with Gasteiger partial charge in [0, 0.05) is 0 Å². The Balaban J connectivity index is 1.53. The molecule has 1 aliphatic rings. The molecular weight excluding hydrogens is 463 g/mol. The molecule has 1 aromatic carbocycles. The van der Waals surface area contributed by atoms with E-state index in [-0.39, 0.29) is 12.3 Å². The molecule has 8 nitrogen and oxygen atoms in total. The molecule has 0 unspecified atom stereocenters. The van der Waals surface area contributed by atoms with Gasteiger partial charge in [-0.2, -0.15) is 0 Å². The number of benzene rings is 1. The standard InChI is InChI=1S/C20H18Cl2N4O4S/c21-15-17-13(31-18(15)22)7-12(24-17)19(28)25-11-5-8-3-1-2-4-9(8)16(11)26-14(27)6-10(23)20(29)30/h1-4,7,10-11,16,24H,5-6,23H2,(H,25,28)(H,26,27)(H,29,30)/t10-,11+,16-/m0/s1. The number of carbonyl (C=O) groups excluding carboxylic acids is 2. The van der Waals surface area contributed by atoms with Gasteiger partial charge in [0.15, 0.2) is 0 Å². The first-order chi connectivity index (χ1) is 14.7. The van der Waals surface area contributed by atoms with Crippen molar-refractivity contribution < 1.29 is 19.5 Å². The molecule has 0 fully saturated rings. The number of thiophene rings is 1. The van der Waals surface area contributed by atoms with Crippen LogP contribution in [0, 0.1) is 0 Å². The summed E-state index contributed by atoms with van der Waals surface area (Å²) in [5.74, 6) is -2.11. The van der Waals surface area contributed by atoms with Crippen LogP contribution in [0.1, 0.15) is 34.1 Å². The number of aromatic amines is 1. The number of hydrogen-bond donors (Lipinski definition) is 5. The van der Waals surface area contributed by atoms with Crippen LogP contribution >= 0.6 is 34.5 Å². The minimum Gasteiger partial charge on any atom is -0.480 e. The van der Waals surface area contributed by atoms with Gasteiger partial charge in [-0.05, 0) is 23.6 Å². The monoisotopic (exact) mass is 480 g/mol. The number of H-pyrrole nitrogens is 1. The number of carboxylic acids is 1. The molecule has 1 aliphatic carbocycles. The van der Waals surface area contributed by atoms with Gasteiger partial charge in [0.1, 0.15) is 16.1 Å². The summed E-state index contributed by atoms with van der Waals surface area (Å²) in [5, 5.41) is 15.1. The highest BCUT2D eigenvalue weighted by Crippen LogP contribution is 2.39. The molecule has 2 aromatic heterocycles. The molecule has 3 aromatic rings. The first-order valence-electron chi connectivity index (χ1n) is 9.37. The highest BCUT2D eigenvalue weighted by molar-refractivity contribution is 7.23. The number of halogens is 2. The predicted molar refractivity (Wildman–Crippen MR) is 119 cm³/mol. The number of amides is 2. The molecule has 3 atom stereocenters. The average Bonchev–Trinajstić information content (AvgIpc) is 3.36. The van der Waals surface area contributed by atoms with Crippen molar-refractivity contribution in [3.05, 3.63) is 56.5 Å². The van der Waals surface area contributed by atoms with Crippen LogP contribution in [-0.2, 0) is 16.0 Å². The third-order valence-electron chi connectivity index (χ3n) is 5.21. The van der Waals surface area contributed by atoms with Crippen molar-refractivity contribution in [1.29, 1.82) is 0 Å². The van der Waals surface area contributed by atoms with Crippen molar-refractivity contribution in [2.75, 3.05) is 0 Å². The Kier molecular flexibility index (Phi) is 5.94. The molecule has 0 saturated heterocycles. The van der Waals surface area contributed by atoms with Gasteiger partial charge in [0.2, 0.25) is 5.91 Å². The second-order valence-electron chi connectivity index (χ2n) is 7.29. The molecule has 2 amide bonds. The van der Waals surface area contributed by atoms with E-state index in [4.69, 9.17) is 34.0 Å². The maximum absolute atomic E-state index is 12.9. The normalized spacial score (nSPS) is 18.5. The van der Waals surface area contributed by atoms with Gasteiger partial charge >= 0.3 is 5.97 Å². The molecule has 4 rings (SSSR count). The summed E-state index contributed by atoms with van der Waals surface area (Å²) in [6, 6.07) is 6.97. The van der Waals surface area contributed by atoms with E-state index >= 15 is 0 Å². The Morgan fingerprint density at radius 1 is 1.26 bits per heavy atom. The molecule has 0 bridgehead atoms. The van der Waals surface area contributed by atoms with Gasteiger partial charge in [-0.15, -0.1) is 11.3 Å². The number of hydrogen-bond acceptors (Lipinski definition) is 5. The van der Waals surface area contributed by atoms with Crippen molar-refractivity contribution in [2.45, 2.75) is 31.0 Å². The predicted octanol–water partition coefficient (Wildman–Crippen LogP) is 2.85. The van der Waals surface area contributed by atoms with Gasteiger partial charge in [-0.1, -0.05) is 47.5 Å². The van der Waals surface area contributed by atoms with Gasteiger partial charge in [-0.3, -0.25) is 14.4 Å². The summed E-state index contributed by atoms with van der Waals surface area (Å²) in [5.41, 5.74) is 8.26. The maximum Gasteiger partial charge on any atom is 0.321 e. The highest BCUT2D eigenvalue weighted by atomic mass is 35.5. The van der Waals surface area contributed by atoms with Crippen LogP contribution in [-0.4, -0.2) is 40.0 Å². The van der Waals surface area contributed by atoms with Crippen LogP contribution in [0.4, 0.5) is 0 Å². The maximum atomic E-state index is 12.9. The molecule has 11 heteroatoms. The van der Waals surface area contributed by atoms with Crippen LogP contribution in [0.25, 0.3) is 10.2 Å². The summed E-state index contributed by atoms with van der Waals surface area (Å²) < 4.78 is 1.21. The Hall–Kier alpha value is -2.59. The lowest BCUT2D eigenvalue weighted by Gasteiger charge is -2.23. The van der Waals surface area contributed by atoms with Gasteiger partial charge in [-0.25, -0.2) is 0 Å². The lowest BCUT2D eigenvalue weighted by molar-refractivity contribution is -0.140. The third-order valence-corrected chi connectivity index (χ3v) is 7.14. The number of rotatable bonds is 6. The summed E-state index contributed by atoms with van der Waals surface area (Å²) in [7, 11) is 0. The SMILES string of the molecule is N[C@@H](CC(=O)N[C@H]1c2ccccc2C[C@H]1NC(=O)c1cc2sc(Cl)c(Cl)c2[nH]1)C(=O)O. The van der Waals surface area contributed by atoms with Crippen molar-refractivity contribution in [3.8, 4) is 0 Å². The Morgan fingerprint density at radius 3 is 2.71 bits per heavy atom. The fourth-order valence-electron chi connectivity index (χ4n) is 3.71. The Morgan fingerprint density at radius 2 is 2.00 bits per heavy atom. The van der Waals surface area contributed by atoms with Crippen molar-refractivity contribution in [1.82, 2.24) is 15.6 Å². The zero-order chi connectivity index (χ0) is 22.3. The number of nitrogens with two attached hydrogens (primary N) is 1. The third kappa shape index (κ3) is 4.27. The summed E-state index contributed by atoms with van der Waals surface area (Å²) in [4.78, 5) is 39.2. The summed E-state index contributed by atoms with van der Waals surface area (Å²) in [6.45, 7) is 0. The van der Waals surface area contributed by atoms with E-state index in [1.54, 1.807) is 6.07 Å². The molecule has 0 saturated carbocycles.